The molecule has 0 aliphatic carbocycles. The van der Waals surface area contributed by atoms with Crippen molar-refractivity contribution in [1.29, 1.82) is 0 Å². The van der Waals surface area contributed by atoms with Crippen LogP contribution in [0.25, 0.3) is 0 Å². The first-order valence-electron chi connectivity index (χ1n) is 15.3. The first-order valence-corrected chi connectivity index (χ1v) is 16.4. The zero-order valence-corrected chi connectivity index (χ0v) is 27.8. The zero-order valence-electron chi connectivity index (χ0n) is 27.0. The smallest absolute Gasteiger partial charge is 0.248 e. The number of carbonyl (C=O) groups is 9. The Bertz CT molecular complexity index is 1290. The van der Waals surface area contributed by atoms with Crippen LogP contribution in [0.4, 0.5) is 0 Å². The predicted molar refractivity (Wildman–Crippen MR) is 171 cm³/mol. The molecule has 18 nitrogen and oxygen atoms in total. The van der Waals surface area contributed by atoms with E-state index in [1.807, 2.05) is 13.8 Å². The topological polar surface area (TPSA) is 284 Å². The maximum atomic E-state index is 14.3. The number of amides is 8. The second-order valence-electron chi connectivity index (χ2n) is 12.0. The van der Waals surface area contributed by atoms with Gasteiger partial charge < -0.3 is 48.1 Å². The molecular weight excluding hydrogens is 652 g/mol. The summed E-state index contributed by atoms with van der Waals surface area (Å²) in [5, 5.41) is 28.3. The Labute approximate surface area is 281 Å². The second-order valence-corrected chi connectivity index (χ2v) is 12.9. The van der Waals surface area contributed by atoms with Crippen molar-refractivity contribution >= 4 is 65.3 Å². The van der Waals surface area contributed by atoms with Gasteiger partial charge in [0.15, 0.2) is 5.78 Å². The van der Waals surface area contributed by atoms with Crippen LogP contribution < -0.4 is 43.0 Å². The van der Waals surface area contributed by atoms with Crippen LogP contribution in [0.2, 0.25) is 0 Å². The summed E-state index contributed by atoms with van der Waals surface area (Å²) in [5.41, 5.74) is 3.24. The van der Waals surface area contributed by atoms with Crippen LogP contribution >= 0.6 is 11.8 Å². The van der Waals surface area contributed by atoms with Crippen LogP contribution in [-0.4, -0.2) is 107 Å². The van der Waals surface area contributed by atoms with E-state index in [1.54, 1.807) is 0 Å². The molecule has 6 atom stereocenters. The lowest BCUT2D eigenvalue weighted by Gasteiger charge is -2.36. The highest BCUT2D eigenvalue weighted by Crippen LogP contribution is 2.28. The van der Waals surface area contributed by atoms with Gasteiger partial charge in [-0.3, -0.25) is 43.2 Å². The normalized spacial score (nSPS) is 27.5. The molecule has 1 spiro atoms. The molecule has 10 N–H and O–H groups in total. The molecule has 266 valence electrons. The monoisotopic (exact) mass is 696 g/mol. The van der Waals surface area contributed by atoms with Crippen LogP contribution in [0.3, 0.4) is 0 Å². The number of primary amides is 1. The van der Waals surface area contributed by atoms with Gasteiger partial charge in [-0.05, 0) is 37.5 Å². The van der Waals surface area contributed by atoms with E-state index in [0.29, 0.717) is 6.41 Å². The Hall–Kier alpha value is -4.52. The number of carbonyl (C=O) groups excluding carboxylic acids is 9. The quantitative estimate of drug-likeness (QED) is 0.0943. The first kappa shape index (κ1) is 39.7. The van der Waals surface area contributed by atoms with Gasteiger partial charge >= 0.3 is 0 Å². The Kier molecular flexibility index (Phi) is 15.5. The molecule has 48 heavy (non-hydrogen) atoms. The zero-order chi connectivity index (χ0) is 36.0. The molecule has 0 saturated carbocycles. The van der Waals surface area contributed by atoms with Crippen molar-refractivity contribution in [3.05, 3.63) is 11.6 Å². The van der Waals surface area contributed by atoms with Crippen LogP contribution in [0.15, 0.2) is 11.6 Å². The molecule has 1 saturated heterocycles. The molecular formula is C29H44N8O10S. The van der Waals surface area contributed by atoms with Gasteiger partial charge in [-0.1, -0.05) is 13.8 Å². The Morgan fingerprint density at radius 1 is 1.02 bits per heavy atom. The SMILES string of the molecule is CC(C)CC1NC(=O)C(CC(=O)C(C)NC=O)CC2(CS/C=C\NC(=O)C(CO)NC(=O)C(CCC(N)=O)NC2=O)NC(=O)CNC1=O. The van der Waals surface area contributed by atoms with Crippen LogP contribution in [-0.2, 0) is 43.2 Å². The standard InChI is InChI=1S/C29H44N8O10S/c1-15(2)8-19-25(44)32-11-23(42)37-29(10-17(24(43)34-19)9-21(40)16(3)33-14-39)13-48-7-6-31-26(45)20(12-38)35-27(46)18(36-28(29)47)4-5-22(30)41/h6-7,14-20,38H,4-5,8-13H2,1-3H3,(H2,30,41)(H,31,45)(H,32,44)(H,33,39)(H,34,43)(H,35,46)(H,36,47)(H,37,42)/b7-6-. The summed E-state index contributed by atoms with van der Waals surface area (Å²) in [4.78, 5) is 116. The average Bonchev–Trinajstić information content (AvgIpc) is 3.02. The lowest BCUT2D eigenvalue weighted by atomic mass is 9.83. The van der Waals surface area contributed by atoms with Gasteiger partial charge in [0.1, 0.15) is 23.7 Å². The molecule has 1 fully saturated rings. The average molecular weight is 697 g/mol. The summed E-state index contributed by atoms with van der Waals surface area (Å²) in [6.45, 7) is 3.63. The van der Waals surface area contributed by atoms with Gasteiger partial charge in [-0.25, -0.2) is 0 Å². The van der Waals surface area contributed by atoms with Crippen molar-refractivity contribution in [2.45, 2.75) is 82.6 Å². The van der Waals surface area contributed by atoms with E-state index in [9.17, 15) is 48.3 Å². The van der Waals surface area contributed by atoms with Gasteiger partial charge in [0, 0.05) is 30.7 Å². The van der Waals surface area contributed by atoms with E-state index in [1.165, 1.54) is 18.5 Å². The Morgan fingerprint density at radius 3 is 2.33 bits per heavy atom. The van der Waals surface area contributed by atoms with E-state index in [2.05, 4.69) is 37.2 Å². The summed E-state index contributed by atoms with van der Waals surface area (Å²) in [6, 6.07) is -5.06. The van der Waals surface area contributed by atoms with E-state index in [4.69, 9.17) is 5.73 Å². The fraction of sp³-hybridized carbons (Fsp3) is 0.621. The molecule has 2 aliphatic heterocycles. The van der Waals surface area contributed by atoms with Gasteiger partial charge in [-0.15, -0.1) is 11.8 Å². The lowest BCUT2D eigenvalue weighted by molar-refractivity contribution is -0.138. The van der Waals surface area contributed by atoms with Gasteiger partial charge in [0.05, 0.1) is 19.2 Å². The van der Waals surface area contributed by atoms with Crippen LogP contribution in [0.1, 0.15) is 52.9 Å². The molecule has 0 radical (unpaired) electrons. The largest absolute Gasteiger partial charge is 0.394 e. The van der Waals surface area contributed by atoms with E-state index >= 15 is 0 Å². The number of rotatable bonds is 11. The van der Waals surface area contributed by atoms with Crippen molar-refractivity contribution in [3.63, 3.8) is 0 Å². The minimum Gasteiger partial charge on any atom is -0.394 e. The fourth-order valence-electron chi connectivity index (χ4n) is 5.02. The first-order chi connectivity index (χ1) is 22.6. The molecule has 2 aliphatic rings. The Morgan fingerprint density at radius 2 is 1.71 bits per heavy atom. The predicted octanol–water partition coefficient (Wildman–Crippen LogP) is -3.84. The van der Waals surface area contributed by atoms with Crippen molar-refractivity contribution in [3.8, 4) is 0 Å². The van der Waals surface area contributed by atoms with Crippen molar-refractivity contribution < 1.29 is 48.3 Å². The number of thioether (sulfide) groups is 1. The van der Waals surface area contributed by atoms with E-state index < -0.39 is 109 Å². The third-order valence-corrected chi connectivity index (χ3v) is 8.62. The number of Topliss-reactive ketones (excluding diaryl/α,β-unsaturated/α-hetero) is 1. The van der Waals surface area contributed by atoms with Crippen molar-refractivity contribution in [2.24, 2.45) is 17.6 Å². The minimum absolute atomic E-state index is 0.0676. The molecule has 0 bridgehead atoms. The number of ketones is 1. The van der Waals surface area contributed by atoms with Crippen molar-refractivity contribution in [1.82, 2.24) is 37.2 Å². The third kappa shape index (κ3) is 11.9. The number of nitrogens with one attached hydrogen (secondary N) is 7. The molecule has 2 heterocycles. The number of hydrogen-bond donors (Lipinski definition) is 9. The molecule has 19 heteroatoms. The number of hydrogen-bond acceptors (Lipinski definition) is 11. The summed E-state index contributed by atoms with van der Waals surface area (Å²) < 4.78 is 0. The molecule has 8 amide bonds. The second kappa shape index (κ2) is 18.7. The molecule has 0 aromatic heterocycles. The molecule has 6 unspecified atom stereocenters. The highest BCUT2D eigenvalue weighted by atomic mass is 32.2. The van der Waals surface area contributed by atoms with E-state index in [0.717, 1.165) is 11.8 Å². The number of nitrogens with two attached hydrogens (primary N) is 1. The molecule has 0 aromatic carbocycles. The van der Waals surface area contributed by atoms with Crippen molar-refractivity contribution in [2.75, 3.05) is 18.9 Å². The maximum absolute atomic E-state index is 14.3. The van der Waals surface area contributed by atoms with E-state index in [-0.39, 0.29) is 30.9 Å². The highest BCUT2D eigenvalue weighted by molar-refractivity contribution is 8.02. The summed E-state index contributed by atoms with van der Waals surface area (Å²) >= 11 is 0.921. The maximum Gasteiger partial charge on any atom is 0.248 e. The lowest BCUT2D eigenvalue weighted by Crippen LogP contribution is -2.65. The molecule has 0 aromatic rings. The summed E-state index contributed by atoms with van der Waals surface area (Å²) in [5.74, 6) is -8.16. The van der Waals surface area contributed by atoms with Gasteiger partial charge in [-0.2, -0.15) is 0 Å². The van der Waals surface area contributed by atoms with Gasteiger partial charge in [0.2, 0.25) is 47.8 Å². The number of aliphatic hydroxyl groups excluding tert-OH is 1. The summed E-state index contributed by atoms with van der Waals surface area (Å²) in [6.07, 6.45) is -0.0777. The van der Waals surface area contributed by atoms with Gasteiger partial charge in [0.25, 0.3) is 0 Å². The Balaban J connectivity index is 2.70. The number of aliphatic hydroxyl groups is 1. The fourth-order valence-corrected chi connectivity index (χ4v) is 5.89. The third-order valence-electron chi connectivity index (χ3n) is 7.63. The highest BCUT2D eigenvalue weighted by Gasteiger charge is 2.46. The summed E-state index contributed by atoms with van der Waals surface area (Å²) in [7, 11) is 0. The minimum atomic E-state index is -2.04. The van der Waals surface area contributed by atoms with Crippen LogP contribution in [0.5, 0.6) is 0 Å². The molecule has 2 rings (SSSR count). The van der Waals surface area contributed by atoms with Crippen LogP contribution in [0, 0.1) is 11.8 Å².